The fraction of sp³-hybridized carbons (Fsp3) is 0.167. The molecule has 0 aliphatic carbocycles. The molecule has 3 aromatic carbocycles. The van der Waals surface area contributed by atoms with Crippen molar-refractivity contribution in [2.24, 2.45) is 0 Å². The van der Waals surface area contributed by atoms with E-state index in [1.54, 1.807) is 17.0 Å². The molecule has 0 fully saturated rings. The average Bonchev–Trinajstić information content (AvgIpc) is 3.55. The zero-order valence-corrected chi connectivity index (χ0v) is 16.7. The molecule has 0 radical (unpaired) electrons. The molecule has 158 valence electrons. The number of para-hydroxylation sites is 1. The van der Waals surface area contributed by atoms with Crippen LogP contribution in [0.1, 0.15) is 17.0 Å². The first-order valence-electron chi connectivity index (χ1n) is 10.3. The highest BCUT2D eigenvalue weighted by Gasteiger charge is 2.57. The number of carbonyl (C=O) groups excluding carboxylic acids is 1. The number of rotatable bonds is 2. The van der Waals surface area contributed by atoms with Crippen LogP contribution in [0.4, 0.5) is 10.1 Å². The molecule has 4 heterocycles. The Balaban J connectivity index is 1.35. The van der Waals surface area contributed by atoms with E-state index in [2.05, 4.69) is 9.97 Å². The lowest BCUT2D eigenvalue weighted by molar-refractivity contribution is -0.122. The predicted octanol–water partition coefficient (Wildman–Crippen LogP) is 3.66. The molecule has 4 aromatic rings. The van der Waals surface area contributed by atoms with Gasteiger partial charge in [-0.05, 0) is 29.8 Å². The van der Waals surface area contributed by atoms with Crippen LogP contribution in [-0.4, -0.2) is 29.3 Å². The number of aromatic amines is 1. The topological polar surface area (TPSA) is 76.7 Å². The van der Waals surface area contributed by atoms with Crippen molar-refractivity contribution < 1.29 is 23.4 Å². The first-order valence-corrected chi connectivity index (χ1v) is 10.3. The van der Waals surface area contributed by atoms with E-state index >= 15 is 0 Å². The molecular formula is C24H16FN3O4. The first-order chi connectivity index (χ1) is 15.6. The van der Waals surface area contributed by atoms with Crippen LogP contribution in [0.3, 0.4) is 0 Å². The predicted molar refractivity (Wildman–Crippen MR) is 113 cm³/mol. The van der Waals surface area contributed by atoms with Crippen LogP contribution in [0.5, 0.6) is 17.2 Å². The van der Waals surface area contributed by atoms with Crippen molar-refractivity contribution in [3.63, 3.8) is 0 Å². The van der Waals surface area contributed by atoms with Crippen LogP contribution in [0.25, 0.3) is 11.0 Å². The van der Waals surface area contributed by atoms with Gasteiger partial charge in [0.05, 0.1) is 17.6 Å². The van der Waals surface area contributed by atoms with Crippen LogP contribution >= 0.6 is 0 Å². The Labute approximate surface area is 181 Å². The Kier molecular flexibility index (Phi) is 3.30. The van der Waals surface area contributed by atoms with E-state index in [1.165, 1.54) is 12.1 Å². The third-order valence-corrected chi connectivity index (χ3v) is 6.45. The summed E-state index contributed by atoms with van der Waals surface area (Å²) in [6.45, 7) is 0.575. The van der Waals surface area contributed by atoms with Gasteiger partial charge in [-0.1, -0.05) is 18.2 Å². The summed E-state index contributed by atoms with van der Waals surface area (Å²) in [6, 6.07) is 15.8. The zero-order chi connectivity index (χ0) is 21.4. The second-order valence-electron chi connectivity index (χ2n) is 8.15. The quantitative estimate of drug-likeness (QED) is 0.526. The highest BCUT2D eigenvalue weighted by Crippen LogP contribution is 2.55. The Hall–Kier alpha value is -4.07. The lowest BCUT2D eigenvalue weighted by atomic mass is 9.77. The van der Waals surface area contributed by atoms with Crippen molar-refractivity contribution in [3.8, 4) is 17.2 Å². The number of halogens is 1. The van der Waals surface area contributed by atoms with E-state index in [0.717, 1.165) is 22.3 Å². The molecule has 3 aliphatic heterocycles. The second kappa shape index (κ2) is 6.00. The van der Waals surface area contributed by atoms with E-state index < -0.39 is 5.41 Å². The minimum atomic E-state index is -0.967. The molecule has 0 saturated carbocycles. The van der Waals surface area contributed by atoms with Gasteiger partial charge >= 0.3 is 0 Å². The van der Waals surface area contributed by atoms with Crippen LogP contribution in [-0.2, 0) is 16.8 Å². The third kappa shape index (κ3) is 2.18. The molecule has 7 nitrogen and oxygen atoms in total. The second-order valence-corrected chi connectivity index (χ2v) is 8.15. The monoisotopic (exact) mass is 429 g/mol. The maximum atomic E-state index is 14.0. The number of imidazole rings is 1. The fourth-order valence-electron chi connectivity index (χ4n) is 4.98. The van der Waals surface area contributed by atoms with Gasteiger partial charge in [-0.3, -0.25) is 4.79 Å². The summed E-state index contributed by atoms with van der Waals surface area (Å²) in [6.07, 6.45) is 0. The van der Waals surface area contributed by atoms with Gasteiger partial charge in [0, 0.05) is 23.4 Å². The van der Waals surface area contributed by atoms with Crippen LogP contribution < -0.4 is 19.1 Å². The summed E-state index contributed by atoms with van der Waals surface area (Å²) < 4.78 is 30.6. The number of benzene rings is 3. The summed E-state index contributed by atoms with van der Waals surface area (Å²) in [7, 11) is 0. The van der Waals surface area contributed by atoms with Gasteiger partial charge < -0.3 is 24.1 Å². The number of fused-ring (bicyclic) bond motifs is 6. The van der Waals surface area contributed by atoms with Crippen molar-refractivity contribution >= 4 is 22.6 Å². The van der Waals surface area contributed by atoms with Crippen LogP contribution in [0, 0.1) is 5.82 Å². The number of aromatic nitrogens is 2. The van der Waals surface area contributed by atoms with E-state index in [-0.39, 0.29) is 31.7 Å². The SMILES string of the molecule is O=C1N(Cc2nc3cc(F)ccc3[nH]2)c2ccccc2C12COc1cc3c(cc12)OCO3. The minimum Gasteiger partial charge on any atom is -0.491 e. The number of hydrogen-bond acceptors (Lipinski definition) is 5. The summed E-state index contributed by atoms with van der Waals surface area (Å²) in [4.78, 5) is 23.4. The Morgan fingerprint density at radius 3 is 2.75 bits per heavy atom. The number of hydrogen-bond donors (Lipinski definition) is 1. The molecule has 3 aliphatic rings. The molecular weight excluding hydrogens is 413 g/mol. The van der Waals surface area contributed by atoms with Crippen molar-refractivity contribution in [1.29, 1.82) is 0 Å². The third-order valence-electron chi connectivity index (χ3n) is 6.45. The molecule has 0 bridgehead atoms. The van der Waals surface area contributed by atoms with Gasteiger partial charge in [0.15, 0.2) is 11.5 Å². The van der Waals surface area contributed by atoms with Gasteiger partial charge in [0.25, 0.3) is 0 Å². The molecule has 32 heavy (non-hydrogen) atoms. The summed E-state index contributed by atoms with van der Waals surface area (Å²) in [5.74, 6) is 1.98. The van der Waals surface area contributed by atoms with Crippen molar-refractivity contribution in [2.45, 2.75) is 12.0 Å². The maximum Gasteiger partial charge on any atom is 0.246 e. The number of H-pyrrole nitrogens is 1. The first kappa shape index (κ1) is 17.6. The highest BCUT2D eigenvalue weighted by molar-refractivity contribution is 6.11. The fourth-order valence-corrected chi connectivity index (χ4v) is 4.98. The van der Waals surface area contributed by atoms with Gasteiger partial charge in [0.2, 0.25) is 12.7 Å². The van der Waals surface area contributed by atoms with Crippen molar-refractivity contribution in [2.75, 3.05) is 18.3 Å². The molecule has 1 amide bonds. The zero-order valence-electron chi connectivity index (χ0n) is 16.7. The number of carbonyl (C=O) groups is 1. The van der Waals surface area contributed by atoms with E-state index in [4.69, 9.17) is 14.2 Å². The molecule has 1 spiro atoms. The summed E-state index contributed by atoms with van der Waals surface area (Å²) in [5, 5.41) is 0. The van der Waals surface area contributed by atoms with E-state index in [9.17, 15) is 9.18 Å². The van der Waals surface area contributed by atoms with Crippen molar-refractivity contribution in [3.05, 3.63) is 77.4 Å². The minimum absolute atomic E-state index is 0.0945. The number of amides is 1. The van der Waals surface area contributed by atoms with Gasteiger partial charge in [-0.25, -0.2) is 9.37 Å². The molecule has 7 rings (SSSR count). The summed E-state index contributed by atoms with van der Waals surface area (Å²) in [5.41, 5.74) is 2.73. The number of ether oxygens (including phenoxy) is 3. The molecule has 1 aromatic heterocycles. The standard InChI is InChI=1S/C24H16FN3O4/c25-13-5-6-16-17(7-13)27-22(26-16)10-28-18-4-2-1-3-14(18)24(23(28)29)11-30-19-9-21-20(8-15(19)24)31-12-32-21/h1-9H,10-12H2,(H,26,27). The lowest BCUT2D eigenvalue weighted by Crippen LogP contribution is -2.42. The van der Waals surface area contributed by atoms with Gasteiger partial charge in [-0.2, -0.15) is 0 Å². The molecule has 1 unspecified atom stereocenters. The molecule has 1 N–H and O–H groups in total. The lowest BCUT2D eigenvalue weighted by Gasteiger charge is -2.22. The Morgan fingerprint density at radius 1 is 1.00 bits per heavy atom. The van der Waals surface area contributed by atoms with Crippen LogP contribution in [0.2, 0.25) is 0 Å². The van der Waals surface area contributed by atoms with Crippen molar-refractivity contribution in [1.82, 2.24) is 9.97 Å². The van der Waals surface area contributed by atoms with E-state index in [1.807, 2.05) is 30.3 Å². The number of nitrogens with zero attached hydrogens (tertiary/aromatic N) is 2. The highest BCUT2D eigenvalue weighted by atomic mass is 19.1. The molecule has 0 saturated heterocycles. The largest absolute Gasteiger partial charge is 0.491 e. The van der Waals surface area contributed by atoms with Gasteiger partial charge in [-0.15, -0.1) is 0 Å². The normalized spacial score (nSPS) is 20.2. The summed E-state index contributed by atoms with van der Waals surface area (Å²) >= 11 is 0. The number of nitrogens with one attached hydrogen (secondary N) is 1. The van der Waals surface area contributed by atoms with E-state index in [0.29, 0.717) is 28.6 Å². The maximum absolute atomic E-state index is 14.0. The average molecular weight is 429 g/mol. The van der Waals surface area contributed by atoms with Crippen LogP contribution in [0.15, 0.2) is 54.6 Å². The Morgan fingerprint density at radius 2 is 1.84 bits per heavy atom. The molecule has 8 heteroatoms. The molecule has 1 atom stereocenters. The van der Waals surface area contributed by atoms with Gasteiger partial charge in [0.1, 0.15) is 29.4 Å². The number of anilines is 1. The Bertz CT molecular complexity index is 1450. The smallest absolute Gasteiger partial charge is 0.246 e.